The Balaban J connectivity index is 1.80. The SMILES string of the molecule is CCOC(=O)C1=C(C)N(C)C(=S)NC1c1ccc(NC(=O)c2ccc([N+](=O)[O-])cc2)cc1. The Morgan fingerprint density at radius 1 is 1.19 bits per heavy atom. The number of esters is 1. The monoisotopic (exact) mass is 454 g/mol. The van der Waals surface area contributed by atoms with E-state index in [1.165, 1.54) is 24.3 Å². The predicted molar refractivity (Wildman–Crippen MR) is 123 cm³/mol. The maximum atomic E-state index is 12.6. The first-order chi connectivity index (χ1) is 15.2. The van der Waals surface area contributed by atoms with Crippen LogP contribution in [0.3, 0.4) is 0 Å². The molecular weight excluding hydrogens is 432 g/mol. The summed E-state index contributed by atoms with van der Waals surface area (Å²) in [6.45, 7) is 3.81. The Labute approximate surface area is 190 Å². The Bertz CT molecular complexity index is 1100. The van der Waals surface area contributed by atoms with Gasteiger partial charge in [-0.3, -0.25) is 14.9 Å². The second-order valence-corrected chi connectivity index (χ2v) is 7.43. The summed E-state index contributed by atoms with van der Waals surface area (Å²) in [4.78, 5) is 37.0. The fraction of sp³-hybridized carbons (Fsp3) is 0.227. The lowest BCUT2D eigenvalue weighted by Crippen LogP contribution is -2.46. The molecule has 1 aliphatic rings. The molecule has 1 unspecified atom stereocenters. The molecular formula is C22H22N4O5S. The van der Waals surface area contributed by atoms with Crippen LogP contribution < -0.4 is 10.6 Å². The molecule has 0 aliphatic carbocycles. The maximum Gasteiger partial charge on any atom is 0.338 e. The van der Waals surface area contributed by atoms with Gasteiger partial charge in [0.1, 0.15) is 0 Å². The van der Waals surface area contributed by atoms with E-state index in [4.69, 9.17) is 17.0 Å². The summed E-state index contributed by atoms with van der Waals surface area (Å²) in [5.74, 6) is -0.818. The number of nitro groups is 1. The van der Waals surface area contributed by atoms with Gasteiger partial charge in [-0.05, 0) is 55.9 Å². The molecule has 1 heterocycles. The van der Waals surface area contributed by atoms with Crippen molar-refractivity contribution in [3.8, 4) is 0 Å². The van der Waals surface area contributed by atoms with Crippen molar-refractivity contribution in [1.29, 1.82) is 0 Å². The minimum absolute atomic E-state index is 0.0878. The van der Waals surface area contributed by atoms with Crippen molar-refractivity contribution in [1.82, 2.24) is 10.2 Å². The molecule has 0 fully saturated rings. The summed E-state index contributed by atoms with van der Waals surface area (Å²) < 4.78 is 5.23. The maximum absolute atomic E-state index is 12.6. The van der Waals surface area contributed by atoms with E-state index in [2.05, 4.69) is 10.6 Å². The van der Waals surface area contributed by atoms with Crippen molar-refractivity contribution in [2.75, 3.05) is 19.0 Å². The Hall–Kier alpha value is -3.79. The molecule has 166 valence electrons. The molecule has 1 atom stereocenters. The van der Waals surface area contributed by atoms with Crippen molar-refractivity contribution >= 4 is 40.6 Å². The van der Waals surface area contributed by atoms with Crippen LogP contribution in [0.1, 0.15) is 35.8 Å². The summed E-state index contributed by atoms with van der Waals surface area (Å²) >= 11 is 5.38. The van der Waals surface area contributed by atoms with E-state index in [1.54, 1.807) is 43.1 Å². The molecule has 9 nitrogen and oxygen atoms in total. The molecule has 0 spiro atoms. The zero-order chi connectivity index (χ0) is 23.4. The highest BCUT2D eigenvalue weighted by atomic mass is 32.1. The quantitative estimate of drug-likeness (QED) is 0.295. The third-order valence-electron chi connectivity index (χ3n) is 5.09. The molecule has 32 heavy (non-hydrogen) atoms. The topological polar surface area (TPSA) is 114 Å². The number of carbonyl (C=O) groups excluding carboxylic acids is 2. The van der Waals surface area contributed by atoms with Gasteiger partial charge in [-0.25, -0.2) is 4.79 Å². The van der Waals surface area contributed by atoms with Gasteiger partial charge in [0.15, 0.2) is 5.11 Å². The van der Waals surface area contributed by atoms with Crippen LogP contribution in [0, 0.1) is 10.1 Å². The molecule has 2 aromatic rings. The minimum atomic E-state index is -0.524. The summed E-state index contributed by atoms with van der Waals surface area (Å²) in [5, 5.41) is 17.1. The Morgan fingerprint density at radius 3 is 2.38 bits per heavy atom. The lowest BCUT2D eigenvalue weighted by molar-refractivity contribution is -0.384. The predicted octanol–water partition coefficient (Wildman–Crippen LogP) is 3.55. The fourth-order valence-electron chi connectivity index (χ4n) is 3.26. The van der Waals surface area contributed by atoms with Crippen LogP contribution in [0.15, 0.2) is 59.8 Å². The Morgan fingerprint density at radius 2 is 1.81 bits per heavy atom. The van der Waals surface area contributed by atoms with Crippen molar-refractivity contribution in [3.63, 3.8) is 0 Å². The molecule has 0 aromatic heterocycles. The van der Waals surface area contributed by atoms with Gasteiger partial charge in [0.05, 0.1) is 23.1 Å². The third-order valence-corrected chi connectivity index (χ3v) is 5.48. The van der Waals surface area contributed by atoms with E-state index >= 15 is 0 Å². The van der Waals surface area contributed by atoms with Gasteiger partial charge < -0.3 is 20.3 Å². The van der Waals surface area contributed by atoms with Gasteiger partial charge in [0.2, 0.25) is 0 Å². The van der Waals surface area contributed by atoms with Crippen LogP contribution in [-0.2, 0) is 9.53 Å². The lowest BCUT2D eigenvalue weighted by Gasteiger charge is -2.35. The van der Waals surface area contributed by atoms with Gasteiger partial charge in [-0.2, -0.15) is 0 Å². The van der Waals surface area contributed by atoms with Gasteiger partial charge >= 0.3 is 5.97 Å². The molecule has 1 amide bonds. The first kappa shape index (κ1) is 22.9. The van der Waals surface area contributed by atoms with E-state index < -0.39 is 22.8 Å². The summed E-state index contributed by atoms with van der Waals surface area (Å²) in [6, 6.07) is 11.8. The molecule has 10 heteroatoms. The van der Waals surface area contributed by atoms with E-state index in [9.17, 15) is 19.7 Å². The largest absolute Gasteiger partial charge is 0.463 e. The molecule has 0 bridgehead atoms. The van der Waals surface area contributed by atoms with Gasteiger partial charge in [0.25, 0.3) is 11.6 Å². The second-order valence-electron chi connectivity index (χ2n) is 7.04. The number of non-ortho nitro benzene ring substituents is 1. The Kier molecular flexibility index (Phi) is 6.84. The van der Waals surface area contributed by atoms with Crippen molar-refractivity contribution in [3.05, 3.63) is 81.0 Å². The zero-order valence-corrected chi connectivity index (χ0v) is 18.6. The van der Waals surface area contributed by atoms with Gasteiger partial charge in [0, 0.05) is 36.1 Å². The average Bonchev–Trinajstić information content (AvgIpc) is 2.78. The number of carbonyl (C=O) groups is 2. The standard InChI is InChI=1S/C22H22N4O5S/c1-4-31-21(28)18-13(2)25(3)22(32)24-19(18)14-5-9-16(10-6-14)23-20(27)15-7-11-17(12-8-15)26(29)30/h5-12,19H,4H2,1-3H3,(H,23,27)(H,24,32). The van der Waals surface area contributed by atoms with E-state index in [0.717, 1.165) is 5.56 Å². The van der Waals surface area contributed by atoms with E-state index in [1.807, 2.05) is 6.92 Å². The molecule has 2 N–H and O–H groups in total. The number of nitro benzene ring substituents is 1. The van der Waals surface area contributed by atoms with Gasteiger partial charge in [-0.15, -0.1) is 0 Å². The number of anilines is 1. The highest BCUT2D eigenvalue weighted by Gasteiger charge is 2.33. The van der Waals surface area contributed by atoms with Gasteiger partial charge in [-0.1, -0.05) is 12.1 Å². The number of amides is 1. The van der Waals surface area contributed by atoms with Crippen molar-refractivity contribution in [2.24, 2.45) is 0 Å². The number of nitrogens with one attached hydrogen (secondary N) is 2. The molecule has 0 saturated carbocycles. The van der Waals surface area contributed by atoms with Crippen molar-refractivity contribution in [2.45, 2.75) is 19.9 Å². The number of hydrogen-bond donors (Lipinski definition) is 2. The average molecular weight is 455 g/mol. The number of rotatable bonds is 6. The number of nitrogens with zero attached hydrogens (tertiary/aromatic N) is 2. The second kappa shape index (κ2) is 9.56. The van der Waals surface area contributed by atoms with Crippen LogP contribution in [0.2, 0.25) is 0 Å². The molecule has 3 rings (SSSR count). The molecule has 0 radical (unpaired) electrons. The van der Waals surface area contributed by atoms with Crippen LogP contribution in [0.4, 0.5) is 11.4 Å². The summed E-state index contributed by atoms with van der Waals surface area (Å²) in [5.41, 5.74) is 2.68. The molecule has 1 aliphatic heterocycles. The first-order valence-electron chi connectivity index (χ1n) is 9.80. The van der Waals surface area contributed by atoms with E-state index in [-0.39, 0.29) is 12.3 Å². The normalized spacial score (nSPS) is 15.8. The number of ether oxygens (including phenoxy) is 1. The highest BCUT2D eigenvalue weighted by molar-refractivity contribution is 7.80. The van der Waals surface area contributed by atoms with Crippen LogP contribution in [-0.4, -0.2) is 40.5 Å². The van der Waals surface area contributed by atoms with Crippen LogP contribution >= 0.6 is 12.2 Å². The number of hydrogen-bond acceptors (Lipinski definition) is 6. The fourth-order valence-corrected chi connectivity index (χ4v) is 3.51. The molecule has 0 saturated heterocycles. The number of allylic oxidation sites excluding steroid dienone is 1. The third kappa shape index (κ3) is 4.75. The lowest BCUT2D eigenvalue weighted by atomic mass is 9.95. The van der Waals surface area contributed by atoms with E-state index in [0.29, 0.717) is 27.6 Å². The van der Waals surface area contributed by atoms with Crippen LogP contribution in [0.5, 0.6) is 0 Å². The zero-order valence-electron chi connectivity index (χ0n) is 17.7. The minimum Gasteiger partial charge on any atom is -0.463 e. The summed E-state index contributed by atoms with van der Waals surface area (Å²) in [7, 11) is 1.77. The number of benzene rings is 2. The number of thiocarbonyl (C=S) groups is 1. The van der Waals surface area contributed by atoms with Crippen molar-refractivity contribution < 1.29 is 19.2 Å². The first-order valence-corrected chi connectivity index (χ1v) is 10.2. The summed E-state index contributed by atoms with van der Waals surface area (Å²) in [6.07, 6.45) is 0. The smallest absolute Gasteiger partial charge is 0.338 e. The highest BCUT2D eigenvalue weighted by Crippen LogP contribution is 2.31. The molecule has 2 aromatic carbocycles. The van der Waals surface area contributed by atoms with Crippen LogP contribution in [0.25, 0.3) is 0 Å².